The molecule has 4 nitrogen and oxygen atoms in total. The molecule has 1 aromatic heterocycles. The molecule has 0 amide bonds. The number of ketones is 2. The topological polar surface area (TPSA) is 41.7 Å². The van der Waals surface area contributed by atoms with Crippen molar-refractivity contribution in [3.8, 4) is 0 Å². The first kappa shape index (κ1) is 22.0. The van der Waals surface area contributed by atoms with Gasteiger partial charge in [-0.15, -0.1) is 0 Å². The van der Waals surface area contributed by atoms with Crippen molar-refractivity contribution >= 4 is 64.5 Å². The molecule has 0 unspecified atom stereocenters. The monoisotopic (exact) mass is 530 g/mol. The molecule has 36 heavy (non-hydrogen) atoms. The Morgan fingerprint density at radius 3 is 1.89 bits per heavy atom. The molecule has 1 aliphatic rings. The summed E-state index contributed by atoms with van der Waals surface area (Å²) in [5, 5.41) is 1.91. The minimum atomic E-state index is -0.208. The van der Waals surface area contributed by atoms with Gasteiger partial charge in [-0.3, -0.25) is 0 Å². The Labute approximate surface area is 214 Å². The Bertz CT molecular complexity index is 1670. The maximum absolute atomic E-state index is 13.2. The molecule has 6 rings (SSSR count). The second-order valence-electron chi connectivity index (χ2n) is 8.44. The number of nitrogens with zero attached hydrogens (tertiary/aromatic N) is 2. The quantitative estimate of drug-likeness (QED) is 0.106. The first-order valence-electron chi connectivity index (χ1n) is 11.4. The molecule has 0 N–H and O–H groups in total. The summed E-state index contributed by atoms with van der Waals surface area (Å²) in [6.45, 7) is 7.24. The summed E-state index contributed by atoms with van der Waals surface area (Å²) in [6, 6.07) is 33.0. The van der Waals surface area contributed by atoms with Crippen molar-refractivity contribution in [2.24, 2.45) is 0 Å². The van der Waals surface area contributed by atoms with Crippen molar-refractivity contribution in [1.82, 2.24) is 0 Å². The second kappa shape index (κ2) is 8.94. The van der Waals surface area contributed by atoms with Crippen LogP contribution in [-0.2, 0) is 0 Å². The van der Waals surface area contributed by atoms with Gasteiger partial charge in [0, 0.05) is 0 Å². The predicted molar refractivity (Wildman–Crippen MR) is 145 cm³/mol. The maximum atomic E-state index is 13.2. The zero-order valence-corrected chi connectivity index (χ0v) is 20.7. The first-order chi connectivity index (χ1) is 17.6. The van der Waals surface area contributed by atoms with Crippen LogP contribution in [0.5, 0.6) is 0 Å². The van der Waals surface area contributed by atoms with Gasteiger partial charge >= 0.3 is 215 Å². The van der Waals surface area contributed by atoms with Crippen LogP contribution in [0, 0.1) is 6.57 Å². The van der Waals surface area contributed by atoms with Crippen LogP contribution in [-0.4, -0.2) is 26.1 Å². The molecule has 1 aliphatic carbocycles. The number of anilines is 3. The second-order valence-corrected chi connectivity index (χ2v) is 10.7. The molecule has 0 fully saturated rings. The zero-order valence-electron chi connectivity index (χ0n) is 19.0. The van der Waals surface area contributed by atoms with Gasteiger partial charge in [0.25, 0.3) is 0 Å². The molecule has 5 heteroatoms. The average molecular weight is 529 g/mol. The fraction of sp³-hybridized carbons (Fsp3) is 0. The van der Waals surface area contributed by atoms with E-state index in [4.69, 9.17) is 6.57 Å². The van der Waals surface area contributed by atoms with E-state index in [-0.39, 0.29) is 31.6 Å². The van der Waals surface area contributed by atoms with Gasteiger partial charge in [0.15, 0.2) is 0 Å². The van der Waals surface area contributed by atoms with E-state index in [0.29, 0.717) is 16.8 Å². The van der Waals surface area contributed by atoms with Crippen molar-refractivity contribution in [2.45, 2.75) is 0 Å². The van der Waals surface area contributed by atoms with E-state index < -0.39 is 0 Å². The van der Waals surface area contributed by atoms with Crippen molar-refractivity contribution < 1.29 is 9.59 Å². The van der Waals surface area contributed by atoms with Crippen LogP contribution in [0.25, 0.3) is 21.7 Å². The summed E-state index contributed by atoms with van der Waals surface area (Å²) in [6.07, 6.45) is 1.77. The van der Waals surface area contributed by atoms with Crippen LogP contribution < -0.4 is 4.90 Å². The Balaban J connectivity index is 1.39. The van der Waals surface area contributed by atoms with Crippen LogP contribution in [0.15, 0.2) is 109 Å². The van der Waals surface area contributed by atoms with Crippen molar-refractivity contribution in [2.75, 3.05) is 4.90 Å². The fourth-order valence-corrected chi connectivity index (χ4v) is 6.56. The van der Waals surface area contributed by atoms with Crippen LogP contribution in [0.4, 0.5) is 21.6 Å². The number of hydrogen-bond donors (Lipinski definition) is 0. The van der Waals surface area contributed by atoms with E-state index in [0.717, 1.165) is 31.1 Å². The summed E-state index contributed by atoms with van der Waals surface area (Å²) in [4.78, 5) is 32.1. The van der Waals surface area contributed by atoms with Crippen LogP contribution in [0.1, 0.15) is 25.2 Å². The van der Waals surface area contributed by atoms with Gasteiger partial charge in [-0.25, -0.2) is 0 Å². The van der Waals surface area contributed by atoms with E-state index in [1.807, 2.05) is 103 Å². The van der Waals surface area contributed by atoms with Crippen molar-refractivity contribution in [3.63, 3.8) is 0 Å². The van der Waals surface area contributed by atoms with Gasteiger partial charge in [0.05, 0.1) is 0 Å². The summed E-state index contributed by atoms with van der Waals surface area (Å²) < 4.78 is 2.04. The minimum absolute atomic E-state index is 0.124. The molecule has 4 aromatic carbocycles. The van der Waals surface area contributed by atoms with E-state index in [1.165, 1.54) is 0 Å². The third-order valence-corrected chi connectivity index (χ3v) is 8.37. The third-order valence-electron chi connectivity index (χ3n) is 6.24. The van der Waals surface area contributed by atoms with Crippen molar-refractivity contribution in [1.29, 1.82) is 0 Å². The predicted octanol–water partition coefficient (Wildman–Crippen LogP) is 7.38. The molecule has 5 aromatic rings. The van der Waals surface area contributed by atoms with E-state index >= 15 is 0 Å². The molecule has 0 atom stereocenters. The van der Waals surface area contributed by atoms with E-state index in [2.05, 4.69) is 9.74 Å². The van der Waals surface area contributed by atoms with Gasteiger partial charge in [-0.1, -0.05) is 0 Å². The summed E-state index contributed by atoms with van der Waals surface area (Å²) in [5.74, 6) is -0.416. The zero-order chi connectivity index (χ0) is 24.6. The van der Waals surface area contributed by atoms with Gasteiger partial charge in [0.2, 0.25) is 0 Å². The fourth-order valence-electron chi connectivity index (χ4n) is 4.48. The number of rotatable bonds is 4. The van der Waals surface area contributed by atoms with E-state index in [9.17, 15) is 9.59 Å². The Kier molecular flexibility index (Phi) is 5.47. The van der Waals surface area contributed by atoms with Gasteiger partial charge in [-0.05, 0) is 0 Å². The molecule has 0 saturated heterocycles. The van der Waals surface area contributed by atoms with Crippen LogP contribution >= 0.6 is 0 Å². The molecule has 1 heterocycles. The first-order valence-corrected chi connectivity index (χ1v) is 13.1. The average Bonchev–Trinajstić information content (AvgIpc) is 3.47. The summed E-state index contributed by atoms with van der Waals surface area (Å²) in [7, 11) is 0. The number of Topliss-reactive ketones (excluding diaryl/α,β-unsaturated/α-hetero) is 2. The number of fused-ring (bicyclic) bond motifs is 2. The third kappa shape index (κ3) is 3.79. The molecule has 0 radical (unpaired) electrons. The Morgan fingerprint density at radius 1 is 0.694 bits per heavy atom. The number of carbonyl (C=O) groups is 2. The molecule has 0 bridgehead atoms. The van der Waals surface area contributed by atoms with Gasteiger partial charge in [0.1, 0.15) is 0 Å². The molecular weight excluding hydrogens is 511 g/mol. The molecule has 170 valence electrons. The standard InChI is InChI=1S/C31H18N2O2Se/c1-32-22-11-13-24(14-12-22)33(23-9-3-2-4-10-23)29-16-15-25(36-29)19-28-30(34)26-17-20-7-5-6-8-21(20)18-27(26)31(28)35/h2-19H. The number of hydrogen-bond acceptors (Lipinski definition) is 3. The van der Waals surface area contributed by atoms with Crippen molar-refractivity contribution in [3.05, 3.63) is 136 Å². The number of benzene rings is 4. The molecule has 0 spiro atoms. The van der Waals surface area contributed by atoms with E-state index in [1.54, 1.807) is 6.08 Å². The number of allylic oxidation sites excluding steroid dienone is 1. The summed E-state index contributed by atoms with van der Waals surface area (Å²) in [5.41, 5.74) is 3.75. The van der Waals surface area contributed by atoms with Gasteiger partial charge in [-0.2, -0.15) is 0 Å². The summed E-state index contributed by atoms with van der Waals surface area (Å²) >= 11 is -0.124. The SMILES string of the molecule is [C-]#[N+]c1ccc(N(c2ccccc2)c2ccc(C=C3C(=O)c4cc5ccccc5cc4C3=O)[se]2)cc1. The Hall–Kier alpha value is -4.49. The number of para-hydroxylation sites is 1. The molecule has 0 saturated carbocycles. The molecular formula is C31H18N2O2Se. The Morgan fingerprint density at radius 2 is 1.28 bits per heavy atom. The number of carbonyl (C=O) groups excluding carboxylic acids is 2. The van der Waals surface area contributed by atoms with Gasteiger partial charge < -0.3 is 0 Å². The van der Waals surface area contributed by atoms with Crippen LogP contribution in [0.2, 0.25) is 0 Å². The molecule has 0 aliphatic heterocycles. The van der Waals surface area contributed by atoms with Crippen LogP contribution in [0.3, 0.4) is 0 Å². The normalized spacial score (nSPS) is 12.5.